The predicted octanol–water partition coefficient (Wildman–Crippen LogP) is 2.17. The molecule has 3 nitrogen and oxygen atoms in total. The van der Waals surface area contributed by atoms with Crippen LogP contribution < -0.4 is 5.73 Å². The summed E-state index contributed by atoms with van der Waals surface area (Å²) < 4.78 is 6.09. The fourth-order valence-electron chi connectivity index (χ4n) is 3.48. The van der Waals surface area contributed by atoms with Crippen molar-refractivity contribution >= 4 is 11.8 Å². The van der Waals surface area contributed by atoms with Gasteiger partial charge < -0.3 is 15.6 Å². The first-order valence-electron chi connectivity index (χ1n) is 7.28. The smallest absolute Gasteiger partial charge is 0.0799 e. The van der Waals surface area contributed by atoms with Crippen LogP contribution in [0.15, 0.2) is 0 Å². The lowest BCUT2D eigenvalue weighted by Gasteiger charge is -2.48. The Kier molecular flexibility index (Phi) is 4.98. The summed E-state index contributed by atoms with van der Waals surface area (Å²) in [4.78, 5) is 0. The van der Waals surface area contributed by atoms with Gasteiger partial charge in [0.2, 0.25) is 0 Å². The van der Waals surface area contributed by atoms with Crippen molar-refractivity contribution in [1.82, 2.24) is 0 Å². The molecule has 3 N–H and O–H groups in total. The number of hydrogen-bond acceptors (Lipinski definition) is 4. The fraction of sp³-hybridized carbons (Fsp3) is 1.00. The molecule has 106 valence electrons. The molecule has 0 aromatic carbocycles. The summed E-state index contributed by atoms with van der Waals surface area (Å²) in [5.74, 6) is 2.71. The fourth-order valence-corrected chi connectivity index (χ4v) is 4.72. The van der Waals surface area contributed by atoms with Crippen LogP contribution in [0.5, 0.6) is 0 Å². The van der Waals surface area contributed by atoms with Gasteiger partial charge in [0.15, 0.2) is 0 Å². The van der Waals surface area contributed by atoms with Gasteiger partial charge in [0.05, 0.1) is 11.2 Å². The first-order valence-corrected chi connectivity index (χ1v) is 8.44. The van der Waals surface area contributed by atoms with Crippen molar-refractivity contribution in [2.75, 3.05) is 24.7 Å². The first-order chi connectivity index (χ1) is 8.64. The van der Waals surface area contributed by atoms with Gasteiger partial charge in [-0.25, -0.2) is 0 Å². The van der Waals surface area contributed by atoms with Crippen LogP contribution in [0.3, 0.4) is 0 Å². The van der Waals surface area contributed by atoms with Crippen molar-refractivity contribution in [2.45, 2.75) is 56.7 Å². The molecule has 0 aromatic heterocycles. The molecule has 2 aliphatic rings. The second-order valence-electron chi connectivity index (χ2n) is 5.89. The molecule has 0 saturated carbocycles. The zero-order valence-electron chi connectivity index (χ0n) is 11.5. The zero-order chi connectivity index (χ0) is 13.1. The quantitative estimate of drug-likeness (QED) is 0.824. The number of ether oxygens (including phenoxy) is 1. The minimum Gasteiger partial charge on any atom is -0.388 e. The second-order valence-corrected chi connectivity index (χ2v) is 7.12. The van der Waals surface area contributed by atoms with E-state index in [4.69, 9.17) is 10.5 Å². The van der Waals surface area contributed by atoms with Crippen molar-refractivity contribution in [1.29, 1.82) is 0 Å². The highest BCUT2D eigenvalue weighted by Crippen LogP contribution is 2.43. The number of nitrogens with two attached hydrogens (primary N) is 1. The molecule has 0 radical (unpaired) electrons. The SMILES string of the molecule is CCCC(O)(CN)C1CCOC2(CCSCC2)C1. The monoisotopic (exact) mass is 273 g/mol. The summed E-state index contributed by atoms with van der Waals surface area (Å²) >= 11 is 2.02. The van der Waals surface area contributed by atoms with E-state index in [-0.39, 0.29) is 5.60 Å². The minimum absolute atomic E-state index is 0.0467. The molecule has 2 rings (SSSR count). The summed E-state index contributed by atoms with van der Waals surface area (Å²) in [6, 6.07) is 0. The van der Waals surface area contributed by atoms with Crippen LogP contribution in [0.2, 0.25) is 0 Å². The lowest BCUT2D eigenvalue weighted by atomic mass is 9.72. The Labute approximate surface area is 115 Å². The average molecular weight is 273 g/mol. The molecule has 2 saturated heterocycles. The Morgan fingerprint density at radius 3 is 2.78 bits per heavy atom. The normalized spacial score (nSPS) is 31.2. The molecule has 0 aliphatic carbocycles. The van der Waals surface area contributed by atoms with Crippen LogP contribution >= 0.6 is 11.8 Å². The maximum absolute atomic E-state index is 10.8. The van der Waals surface area contributed by atoms with E-state index in [2.05, 4.69) is 6.92 Å². The van der Waals surface area contributed by atoms with Crippen LogP contribution in [0.25, 0.3) is 0 Å². The standard InChI is InChI=1S/C14H27NO2S/c1-2-4-14(16,11-15)12-3-7-17-13(10-12)5-8-18-9-6-13/h12,16H,2-11,15H2,1H3. The zero-order valence-corrected chi connectivity index (χ0v) is 12.3. The van der Waals surface area contributed by atoms with Crippen LogP contribution in [0, 0.1) is 5.92 Å². The third kappa shape index (κ3) is 3.03. The Morgan fingerprint density at radius 1 is 1.44 bits per heavy atom. The highest BCUT2D eigenvalue weighted by atomic mass is 32.2. The van der Waals surface area contributed by atoms with E-state index >= 15 is 0 Å². The van der Waals surface area contributed by atoms with Crippen LogP contribution in [0.1, 0.15) is 45.4 Å². The van der Waals surface area contributed by atoms with Crippen molar-refractivity contribution < 1.29 is 9.84 Å². The Bertz CT molecular complexity index is 263. The van der Waals surface area contributed by atoms with Gasteiger partial charge in [0.25, 0.3) is 0 Å². The number of thioether (sulfide) groups is 1. The number of rotatable bonds is 4. The molecule has 2 atom stereocenters. The van der Waals surface area contributed by atoms with E-state index in [9.17, 15) is 5.11 Å². The predicted molar refractivity (Wildman–Crippen MR) is 76.9 cm³/mol. The van der Waals surface area contributed by atoms with Gasteiger partial charge >= 0.3 is 0 Å². The van der Waals surface area contributed by atoms with Crippen LogP contribution in [-0.2, 0) is 4.74 Å². The van der Waals surface area contributed by atoms with Gasteiger partial charge in [0, 0.05) is 13.2 Å². The van der Waals surface area contributed by atoms with Crippen molar-refractivity contribution in [3.63, 3.8) is 0 Å². The van der Waals surface area contributed by atoms with Gasteiger partial charge in [-0.1, -0.05) is 13.3 Å². The van der Waals surface area contributed by atoms with Crippen molar-refractivity contribution in [3.8, 4) is 0 Å². The molecule has 2 fully saturated rings. The summed E-state index contributed by atoms with van der Waals surface area (Å²) in [5, 5.41) is 10.8. The molecular formula is C14H27NO2S. The molecule has 0 amide bonds. The van der Waals surface area contributed by atoms with Crippen LogP contribution in [0.4, 0.5) is 0 Å². The Morgan fingerprint density at radius 2 is 2.17 bits per heavy atom. The molecule has 18 heavy (non-hydrogen) atoms. The van der Waals surface area contributed by atoms with E-state index in [0.29, 0.717) is 12.5 Å². The van der Waals surface area contributed by atoms with E-state index in [1.165, 1.54) is 11.5 Å². The van der Waals surface area contributed by atoms with Crippen LogP contribution in [-0.4, -0.2) is 41.0 Å². The highest BCUT2D eigenvalue weighted by molar-refractivity contribution is 7.99. The Hall–Kier alpha value is 0.230. The molecule has 0 bridgehead atoms. The van der Waals surface area contributed by atoms with E-state index < -0.39 is 5.60 Å². The number of hydrogen-bond donors (Lipinski definition) is 2. The largest absolute Gasteiger partial charge is 0.388 e. The third-order valence-electron chi connectivity index (χ3n) is 4.69. The Balaban J connectivity index is 2.04. The van der Waals surface area contributed by atoms with Gasteiger partial charge in [-0.3, -0.25) is 0 Å². The van der Waals surface area contributed by atoms with E-state index in [0.717, 1.165) is 45.1 Å². The van der Waals surface area contributed by atoms with Gasteiger partial charge in [0.1, 0.15) is 0 Å². The molecule has 1 spiro atoms. The first kappa shape index (κ1) is 14.6. The molecular weight excluding hydrogens is 246 g/mol. The molecule has 2 aliphatic heterocycles. The molecule has 2 unspecified atom stereocenters. The third-order valence-corrected chi connectivity index (χ3v) is 5.68. The maximum atomic E-state index is 10.8. The van der Waals surface area contributed by atoms with E-state index in [1.807, 2.05) is 11.8 Å². The summed E-state index contributed by atoms with van der Waals surface area (Å²) in [6.45, 7) is 3.30. The van der Waals surface area contributed by atoms with Crippen molar-refractivity contribution in [3.05, 3.63) is 0 Å². The van der Waals surface area contributed by atoms with Gasteiger partial charge in [-0.15, -0.1) is 0 Å². The summed E-state index contributed by atoms with van der Waals surface area (Å²) in [5.41, 5.74) is 5.22. The van der Waals surface area contributed by atoms with Gasteiger partial charge in [-0.05, 0) is 49.5 Å². The second kappa shape index (κ2) is 6.12. The average Bonchev–Trinajstić information content (AvgIpc) is 2.40. The number of aliphatic hydroxyl groups is 1. The molecule has 4 heteroatoms. The van der Waals surface area contributed by atoms with Crippen molar-refractivity contribution in [2.24, 2.45) is 11.7 Å². The maximum Gasteiger partial charge on any atom is 0.0799 e. The molecule has 2 heterocycles. The summed E-state index contributed by atoms with van der Waals surface area (Å²) in [7, 11) is 0. The minimum atomic E-state index is -0.671. The lowest BCUT2D eigenvalue weighted by Crippen LogP contribution is -2.53. The van der Waals surface area contributed by atoms with Gasteiger partial charge in [-0.2, -0.15) is 11.8 Å². The van der Waals surface area contributed by atoms with E-state index in [1.54, 1.807) is 0 Å². The summed E-state index contributed by atoms with van der Waals surface area (Å²) in [6.07, 6.45) is 6.05. The lowest BCUT2D eigenvalue weighted by molar-refractivity contribution is -0.145. The molecule has 0 aromatic rings. The topological polar surface area (TPSA) is 55.5 Å². The highest BCUT2D eigenvalue weighted by Gasteiger charge is 2.45.